The molecule has 0 aromatic heterocycles. The highest BCUT2D eigenvalue weighted by atomic mass is 16.3. The van der Waals surface area contributed by atoms with Crippen molar-refractivity contribution in [1.29, 1.82) is 0 Å². The minimum absolute atomic E-state index is 0.0115. The van der Waals surface area contributed by atoms with E-state index >= 15 is 0 Å². The van der Waals surface area contributed by atoms with Crippen molar-refractivity contribution in [3.8, 4) is 0 Å². The molecule has 0 aliphatic heterocycles. The van der Waals surface area contributed by atoms with E-state index in [4.69, 9.17) is 0 Å². The summed E-state index contributed by atoms with van der Waals surface area (Å²) in [6.07, 6.45) is 9.91. The molecule has 4 fully saturated rings. The SMILES string of the molecule is CC(C)=CCCC(C)C1CCC2(C)C(=O)C3(CCC12C)C(O)CC1C(C)(C)C(O)CCC13C. The van der Waals surface area contributed by atoms with Gasteiger partial charge in [0.05, 0.1) is 17.6 Å². The smallest absolute Gasteiger partial charge is 0.148 e. The van der Waals surface area contributed by atoms with Gasteiger partial charge in [-0.2, -0.15) is 0 Å². The highest BCUT2D eigenvalue weighted by Crippen LogP contribution is 2.75. The third kappa shape index (κ3) is 3.16. The molecule has 0 saturated heterocycles. The topological polar surface area (TPSA) is 57.5 Å². The second kappa shape index (κ2) is 7.92. The first-order chi connectivity index (χ1) is 15.2. The van der Waals surface area contributed by atoms with Gasteiger partial charge in [-0.15, -0.1) is 0 Å². The van der Waals surface area contributed by atoms with Gasteiger partial charge in [0.2, 0.25) is 0 Å². The number of Topliss-reactive ketones (excluding diaryl/α,β-unsaturated/α-hetero) is 1. The van der Waals surface area contributed by atoms with Crippen LogP contribution in [-0.2, 0) is 4.79 Å². The van der Waals surface area contributed by atoms with Gasteiger partial charge in [0.25, 0.3) is 0 Å². The maximum Gasteiger partial charge on any atom is 0.148 e. The van der Waals surface area contributed by atoms with Crippen LogP contribution in [0.1, 0.15) is 113 Å². The quantitative estimate of drug-likeness (QED) is 0.460. The fourth-order valence-corrected chi connectivity index (χ4v) is 9.90. The highest BCUT2D eigenvalue weighted by Gasteiger charge is 2.76. The molecule has 0 aromatic rings. The van der Waals surface area contributed by atoms with Crippen LogP contribution in [0.5, 0.6) is 0 Å². The molecular weight excluding hydrogens is 408 g/mol. The molecule has 3 heteroatoms. The summed E-state index contributed by atoms with van der Waals surface area (Å²) in [7, 11) is 0. The Kier molecular flexibility index (Phi) is 6.10. The largest absolute Gasteiger partial charge is 0.393 e. The minimum atomic E-state index is -0.649. The van der Waals surface area contributed by atoms with E-state index in [1.807, 2.05) is 0 Å². The standard InChI is InChI=1S/C30H50O3/c1-19(2)10-9-11-20(3)21-12-14-29(8)25(33)30(17-16-27(21,29)6)24(32)18-22-26(4,5)23(31)13-15-28(22,30)7/h10,20-24,31-32H,9,11-18H2,1-8H3. The van der Waals surface area contributed by atoms with E-state index < -0.39 is 11.5 Å². The fourth-order valence-electron chi connectivity index (χ4n) is 9.90. The van der Waals surface area contributed by atoms with Crippen LogP contribution >= 0.6 is 0 Å². The van der Waals surface area contributed by atoms with E-state index in [0.29, 0.717) is 24.0 Å². The molecule has 9 unspecified atom stereocenters. The molecule has 4 rings (SSSR count). The number of carbonyl (C=O) groups excluding carboxylic acids is 1. The van der Waals surface area contributed by atoms with Crippen LogP contribution in [-0.4, -0.2) is 28.2 Å². The van der Waals surface area contributed by atoms with E-state index in [1.165, 1.54) is 12.0 Å². The number of hydrogen-bond donors (Lipinski definition) is 2. The molecule has 4 aliphatic carbocycles. The van der Waals surface area contributed by atoms with Crippen molar-refractivity contribution in [2.45, 2.75) is 125 Å². The normalized spacial score (nSPS) is 49.6. The Hall–Kier alpha value is -0.670. The Morgan fingerprint density at radius 3 is 2.27 bits per heavy atom. The van der Waals surface area contributed by atoms with Crippen molar-refractivity contribution in [2.24, 2.45) is 44.8 Å². The first-order valence-corrected chi connectivity index (χ1v) is 13.7. The summed E-state index contributed by atoms with van der Waals surface area (Å²) in [6, 6.07) is 0. The molecule has 0 amide bonds. The number of rotatable bonds is 4. The van der Waals surface area contributed by atoms with E-state index in [1.54, 1.807) is 0 Å². The lowest BCUT2D eigenvalue weighted by Gasteiger charge is -2.62. The molecule has 2 N–H and O–H groups in total. The van der Waals surface area contributed by atoms with E-state index in [0.717, 1.165) is 44.9 Å². The molecule has 4 saturated carbocycles. The van der Waals surface area contributed by atoms with Gasteiger partial charge >= 0.3 is 0 Å². The molecule has 3 nitrogen and oxygen atoms in total. The Labute approximate surface area is 202 Å². The molecule has 33 heavy (non-hydrogen) atoms. The maximum atomic E-state index is 14.8. The van der Waals surface area contributed by atoms with Gasteiger partial charge in [0.15, 0.2) is 0 Å². The van der Waals surface area contributed by atoms with Crippen LogP contribution in [0, 0.1) is 44.8 Å². The lowest BCUT2D eigenvalue weighted by molar-refractivity contribution is -0.186. The summed E-state index contributed by atoms with van der Waals surface area (Å²) in [5, 5.41) is 22.5. The molecule has 0 heterocycles. The highest BCUT2D eigenvalue weighted by molar-refractivity contribution is 5.94. The molecule has 0 aromatic carbocycles. The Balaban J connectivity index is 1.67. The van der Waals surface area contributed by atoms with Gasteiger partial charge in [-0.3, -0.25) is 4.79 Å². The van der Waals surface area contributed by atoms with Crippen molar-refractivity contribution in [2.75, 3.05) is 0 Å². The van der Waals surface area contributed by atoms with Crippen LogP contribution < -0.4 is 0 Å². The minimum Gasteiger partial charge on any atom is -0.393 e. The molecular formula is C30H50O3. The first-order valence-electron chi connectivity index (χ1n) is 13.7. The maximum absolute atomic E-state index is 14.8. The number of carbonyl (C=O) groups is 1. The first kappa shape index (κ1) is 25.4. The van der Waals surface area contributed by atoms with Crippen molar-refractivity contribution in [3.63, 3.8) is 0 Å². The van der Waals surface area contributed by atoms with E-state index in [-0.39, 0.29) is 33.7 Å². The fraction of sp³-hybridized carbons (Fsp3) is 0.900. The summed E-state index contributed by atoms with van der Waals surface area (Å²) < 4.78 is 0. The summed E-state index contributed by atoms with van der Waals surface area (Å²) >= 11 is 0. The summed E-state index contributed by atoms with van der Waals surface area (Å²) in [4.78, 5) is 14.8. The summed E-state index contributed by atoms with van der Waals surface area (Å²) in [5.41, 5.74) is -0.111. The Bertz CT molecular complexity index is 824. The van der Waals surface area contributed by atoms with Gasteiger partial charge in [-0.1, -0.05) is 53.2 Å². The van der Waals surface area contributed by atoms with Gasteiger partial charge in [0.1, 0.15) is 5.78 Å². The van der Waals surface area contributed by atoms with Crippen LogP contribution in [0.4, 0.5) is 0 Å². The predicted octanol–water partition coefficient (Wildman–Crippen LogP) is 6.71. The number of allylic oxidation sites excluding steroid dienone is 2. The Morgan fingerprint density at radius 2 is 1.64 bits per heavy atom. The van der Waals surface area contributed by atoms with Crippen molar-refractivity contribution >= 4 is 5.78 Å². The molecule has 4 aliphatic rings. The Morgan fingerprint density at radius 1 is 0.970 bits per heavy atom. The van der Waals surface area contributed by atoms with Gasteiger partial charge in [-0.05, 0) is 106 Å². The van der Waals surface area contributed by atoms with Crippen molar-refractivity contribution in [3.05, 3.63) is 11.6 Å². The summed E-state index contributed by atoms with van der Waals surface area (Å²) in [6.45, 7) is 18.0. The lowest BCUT2D eigenvalue weighted by Crippen LogP contribution is -2.64. The van der Waals surface area contributed by atoms with Crippen LogP contribution in [0.3, 0.4) is 0 Å². The number of aliphatic hydroxyl groups excluding tert-OH is 2. The number of aliphatic hydroxyl groups is 2. The number of ketones is 1. The zero-order valence-electron chi connectivity index (χ0n) is 22.6. The number of hydrogen-bond acceptors (Lipinski definition) is 3. The van der Waals surface area contributed by atoms with Crippen LogP contribution in [0.25, 0.3) is 0 Å². The third-order valence-electron chi connectivity index (χ3n) is 12.4. The van der Waals surface area contributed by atoms with Gasteiger partial charge < -0.3 is 10.2 Å². The number of fused-ring (bicyclic) bond motifs is 3. The zero-order valence-corrected chi connectivity index (χ0v) is 22.6. The average Bonchev–Trinajstić information content (AvgIpc) is 3.13. The molecule has 1 spiro atoms. The average molecular weight is 459 g/mol. The van der Waals surface area contributed by atoms with E-state index in [9.17, 15) is 15.0 Å². The van der Waals surface area contributed by atoms with Gasteiger partial charge in [0, 0.05) is 5.41 Å². The molecule has 188 valence electrons. The van der Waals surface area contributed by atoms with Gasteiger partial charge in [-0.25, -0.2) is 0 Å². The summed E-state index contributed by atoms with van der Waals surface area (Å²) in [5.74, 6) is 1.73. The van der Waals surface area contributed by atoms with Crippen molar-refractivity contribution < 1.29 is 15.0 Å². The predicted molar refractivity (Wildman–Crippen MR) is 135 cm³/mol. The zero-order chi connectivity index (χ0) is 24.6. The molecule has 9 atom stereocenters. The molecule has 0 bridgehead atoms. The monoisotopic (exact) mass is 458 g/mol. The molecule has 0 radical (unpaired) electrons. The van der Waals surface area contributed by atoms with Crippen LogP contribution in [0.15, 0.2) is 11.6 Å². The second-order valence-corrected chi connectivity index (χ2v) is 14.1. The van der Waals surface area contributed by atoms with E-state index in [2.05, 4.69) is 61.5 Å². The lowest BCUT2D eigenvalue weighted by atomic mass is 9.41. The third-order valence-corrected chi connectivity index (χ3v) is 12.4. The van der Waals surface area contributed by atoms with Crippen LogP contribution in [0.2, 0.25) is 0 Å². The van der Waals surface area contributed by atoms with Crippen molar-refractivity contribution in [1.82, 2.24) is 0 Å². The second-order valence-electron chi connectivity index (χ2n) is 14.1.